The summed E-state index contributed by atoms with van der Waals surface area (Å²) in [6.07, 6.45) is -0.582. The van der Waals surface area contributed by atoms with E-state index in [4.69, 9.17) is 4.74 Å². The summed E-state index contributed by atoms with van der Waals surface area (Å²) >= 11 is 0. The second-order valence-corrected chi connectivity index (χ2v) is 7.25. The fraction of sp³-hybridized carbons (Fsp3) is 0.579. The van der Waals surface area contributed by atoms with Crippen molar-refractivity contribution in [1.82, 2.24) is 15.1 Å². The van der Waals surface area contributed by atoms with Gasteiger partial charge >= 0.3 is 6.09 Å². The Hall–Kier alpha value is -2.08. The number of rotatable bonds is 4. The van der Waals surface area contributed by atoms with Gasteiger partial charge in [0.05, 0.1) is 0 Å². The molecule has 1 fully saturated rings. The van der Waals surface area contributed by atoms with Crippen LogP contribution in [0.4, 0.5) is 4.79 Å². The third-order valence-electron chi connectivity index (χ3n) is 4.17. The number of nitrogens with one attached hydrogen (secondary N) is 1. The van der Waals surface area contributed by atoms with Crippen molar-refractivity contribution in [3.05, 3.63) is 35.9 Å². The maximum absolute atomic E-state index is 13.0. The van der Waals surface area contributed by atoms with E-state index in [0.29, 0.717) is 13.1 Å². The molecule has 1 aromatic rings. The van der Waals surface area contributed by atoms with Crippen molar-refractivity contribution in [2.75, 3.05) is 32.7 Å². The smallest absolute Gasteiger partial charge is 0.408 e. The van der Waals surface area contributed by atoms with Gasteiger partial charge in [-0.3, -0.25) is 4.79 Å². The first kappa shape index (κ1) is 19.2. The highest BCUT2D eigenvalue weighted by molar-refractivity contribution is 5.87. The monoisotopic (exact) mass is 347 g/mol. The summed E-state index contributed by atoms with van der Waals surface area (Å²) in [6, 6.07) is 8.58. The lowest BCUT2D eigenvalue weighted by atomic mass is 10.1. The highest BCUT2D eigenvalue weighted by Gasteiger charge is 2.30. The van der Waals surface area contributed by atoms with Gasteiger partial charge in [-0.2, -0.15) is 0 Å². The van der Waals surface area contributed by atoms with E-state index < -0.39 is 17.7 Å². The number of likely N-dealkylation sites (N-methyl/N-ethyl adjacent to an activating group) is 1. The molecule has 1 atom stereocenters. The summed E-state index contributed by atoms with van der Waals surface area (Å²) < 4.78 is 5.33. The van der Waals surface area contributed by atoms with E-state index in [1.165, 1.54) is 0 Å². The molecule has 0 bridgehead atoms. The van der Waals surface area contributed by atoms with Gasteiger partial charge < -0.3 is 19.9 Å². The standard InChI is InChI=1S/C19H29N3O3/c1-5-21-11-13-22(14-12-21)17(23)16(15-9-7-6-8-10-15)20-18(24)25-19(2,3)4/h6-10,16H,5,11-14H2,1-4H3,(H,20,24)/t16-/m0/s1. The molecule has 2 rings (SSSR count). The van der Waals surface area contributed by atoms with Gasteiger partial charge in [-0.1, -0.05) is 37.3 Å². The molecular formula is C19H29N3O3. The Bertz CT molecular complexity index is 575. The van der Waals surface area contributed by atoms with Crippen LogP contribution in [0.1, 0.15) is 39.3 Å². The summed E-state index contributed by atoms with van der Waals surface area (Å²) in [5.74, 6) is -0.0900. The van der Waals surface area contributed by atoms with Crippen LogP contribution in [0.3, 0.4) is 0 Å². The minimum Gasteiger partial charge on any atom is -0.444 e. The van der Waals surface area contributed by atoms with E-state index in [1.54, 1.807) is 20.8 Å². The van der Waals surface area contributed by atoms with Gasteiger partial charge in [-0.15, -0.1) is 0 Å². The molecular weight excluding hydrogens is 318 g/mol. The van der Waals surface area contributed by atoms with Crippen LogP contribution in [0.2, 0.25) is 0 Å². The van der Waals surface area contributed by atoms with Crippen LogP contribution in [0, 0.1) is 0 Å². The molecule has 0 aromatic heterocycles. The van der Waals surface area contributed by atoms with Gasteiger partial charge in [-0.25, -0.2) is 4.79 Å². The summed E-state index contributed by atoms with van der Waals surface area (Å²) in [7, 11) is 0. The van der Waals surface area contributed by atoms with Crippen LogP contribution >= 0.6 is 0 Å². The molecule has 1 aliphatic rings. The van der Waals surface area contributed by atoms with E-state index in [9.17, 15) is 9.59 Å². The maximum Gasteiger partial charge on any atom is 0.408 e. The normalized spacial score (nSPS) is 17.0. The Morgan fingerprint density at radius 1 is 1.12 bits per heavy atom. The number of amides is 2. The van der Waals surface area contributed by atoms with E-state index in [-0.39, 0.29) is 5.91 Å². The first-order valence-corrected chi connectivity index (χ1v) is 8.86. The zero-order valence-corrected chi connectivity index (χ0v) is 15.6. The topological polar surface area (TPSA) is 61.9 Å². The second-order valence-electron chi connectivity index (χ2n) is 7.25. The first-order chi connectivity index (χ1) is 11.8. The molecule has 0 spiro atoms. The van der Waals surface area contributed by atoms with Gasteiger partial charge in [0.25, 0.3) is 0 Å². The quantitative estimate of drug-likeness (QED) is 0.909. The molecule has 6 nitrogen and oxygen atoms in total. The maximum atomic E-state index is 13.0. The minimum atomic E-state index is -0.732. The number of piperazine rings is 1. The zero-order valence-electron chi connectivity index (χ0n) is 15.6. The predicted octanol–water partition coefficient (Wildman–Crippen LogP) is 2.42. The highest BCUT2D eigenvalue weighted by Crippen LogP contribution is 2.18. The van der Waals surface area contributed by atoms with Gasteiger partial charge in [0.2, 0.25) is 5.91 Å². The Morgan fingerprint density at radius 3 is 2.24 bits per heavy atom. The van der Waals surface area contributed by atoms with Crippen LogP contribution < -0.4 is 5.32 Å². The number of ether oxygens (including phenoxy) is 1. The molecule has 138 valence electrons. The van der Waals surface area contributed by atoms with Crippen molar-refractivity contribution in [3.8, 4) is 0 Å². The Morgan fingerprint density at radius 2 is 1.72 bits per heavy atom. The minimum absolute atomic E-state index is 0.0900. The largest absolute Gasteiger partial charge is 0.444 e. The lowest BCUT2D eigenvalue weighted by molar-refractivity contribution is -0.135. The number of carbonyl (C=O) groups is 2. The summed E-state index contributed by atoms with van der Waals surface area (Å²) in [5.41, 5.74) is 0.150. The van der Waals surface area contributed by atoms with Crippen molar-refractivity contribution in [3.63, 3.8) is 0 Å². The van der Waals surface area contributed by atoms with Crippen molar-refractivity contribution >= 4 is 12.0 Å². The van der Waals surface area contributed by atoms with Crippen molar-refractivity contribution < 1.29 is 14.3 Å². The summed E-state index contributed by atoms with van der Waals surface area (Å²) in [6.45, 7) is 11.6. The average molecular weight is 347 g/mol. The fourth-order valence-corrected chi connectivity index (χ4v) is 2.83. The molecule has 1 aromatic carbocycles. The van der Waals surface area contributed by atoms with Gasteiger partial charge in [0.15, 0.2) is 0 Å². The Labute approximate surface area is 150 Å². The molecule has 0 aliphatic carbocycles. The molecule has 0 radical (unpaired) electrons. The lowest BCUT2D eigenvalue weighted by Gasteiger charge is -2.36. The summed E-state index contributed by atoms with van der Waals surface area (Å²) in [4.78, 5) is 29.4. The Balaban J connectivity index is 2.12. The van der Waals surface area contributed by atoms with E-state index in [1.807, 2.05) is 35.2 Å². The second kappa shape index (κ2) is 8.34. The van der Waals surface area contributed by atoms with Crippen molar-refractivity contribution in [1.29, 1.82) is 0 Å². The van der Waals surface area contributed by atoms with E-state index in [2.05, 4.69) is 17.1 Å². The number of alkyl carbamates (subject to hydrolysis) is 1. The molecule has 0 saturated carbocycles. The van der Waals surface area contributed by atoms with Crippen molar-refractivity contribution in [2.45, 2.75) is 39.3 Å². The number of hydrogen-bond acceptors (Lipinski definition) is 4. The molecule has 25 heavy (non-hydrogen) atoms. The SMILES string of the molecule is CCN1CCN(C(=O)[C@@H](NC(=O)OC(C)(C)C)c2ccccc2)CC1. The molecule has 1 aliphatic heterocycles. The fourth-order valence-electron chi connectivity index (χ4n) is 2.83. The molecule has 1 N–H and O–H groups in total. The van der Waals surface area contributed by atoms with Gasteiger partial charge in [-0.05, 0) is 32.9 Å². The first-order valence-electron chi connectivity index (χ1n) is 8.86. The van der Waals surface area contributed by atoms with Crippen LogP contribution in [-0.2, 0) is 9.53 Å². The third-order valence-corrected chi connectivity index (χ3v) is 4.17. The number of hydrogen-bond donors (Lipinski definition) is 1. The Kier molecular flexibility index (Phi) is 6.42. The van der Waals surface area contributed by atoms with Crippen LogP contribution in [0.15, 0.2) is 30.3 Å². The third kappa shape index (κ3) is 5.74. The highest BCUT2D eigenvalue weighted by atomic mass is 16.6. The molecule has 1 saturated heterocycles. The molecule has 1 heterocycles. The number of carbonyl (C=O) groups excluding carboxylic acids is 2. The van der Waals surface area contributed by atoms with Crippen LogP contribution in [-0.4, -0.2) is 60.1 Å². The molecule has 2 amide bonds. The van der Waals surface area contributed by atoms with Crippen molar-refractivity contribution in [2.24, 2.45) is 0 Å². The molecule has 0 unspecified atom stereocenters. The average Bonchev–Trinajstić information content (AvgIpc) is 2.58. The summed E-state index contributed by atoms with van der Waals surface area (Å²) in [5, 5.41) is 2.75. The van der Waals surface area contributed by atoms with Crippen LogP contribution in [0.5, 0.6) is 0 Å². The van der Waals surface area contributed by atoms with Crippen LogP contribution in [0.25, 0.3) is 0 Å². The lowest BCUT2D eigenvalue weighted by Crippen LogP contribution is -2.52. The number of nitrogens with zero attached hydrogens (tertiary/aromatic N) is 2. The van der Waals surface area contributed by atoms with Gasteiger partial charge in [0, 0.05) is 26.2 Å². The van der Waals surface area contributed by atoms with E-state index >= 15 is 0 Å². The van der Waals surface area contributed by atoms with E-state index in [0.717, 1.165) is 25.2 Å². The zero-order chi connectivity index (χ0) is 18.4. The van der Waals surface area contributed by atoms with Gasteiger partial charge in [0.1, 0.15) is 11.6 Å². The predicted molar refractivity (Wildman–Crippen MR) is 97.2 cm³/mol. The molecule has 6 heteroatoms. The number of benzene rings is 1.